The Balaban J connectivity index is 1.53. The largest absolute Gasteiger partial charge is 0.342 e. The van der Waals surface area contributed by atoms with Gasteiger partial charge in [-0.05, 0) is 13.3 Å². The van der Waals surface area contributed by atoms with Gasteiger partial charge in [0.2, 0.25) is 11.8 Å². The van der Waals surface area contributed by atoms with Gasteiger partial charge in [0, 0.05) is 44.9 Å². The number of carbonyl (C=O) groups excluding carboxylic acids is 1. The summed E-state index contributed by atoms with van der Waals surface area (Å²) in [7, 11) is 0. The molecule has 0 N–H and O–H groups in total. The van der Waals surface area contributed by atoms with E-state index in [4.69, 9.17) is 4.52 Å². The van der Waals surface area contributed by atoms with Crippen molar-refractivity contribution >= 4 is 5.91 Å². The molecule has 0 aliphatic carbocycles. The highest BCUT2D eigenvalue weighted by Gasteiger charge is 2.30. The van der Waals surface area contributed by atoms with Crippen molar-refractivity contribution in [3.05, 3.63) is 29.9 Å². The smallest absolute Gasteiger partial charge is 0.231 e. The first kappa shape index (κ1) is 14.7. The fourth-order valence-corrected chi connectivity index (χ4v) is 2.90. The van der Waals surface area contributed by atoms with Crippen molar-refractivity contribution in [3.63, 3.8) is 0 Å². The molecule has 2 aromatic rings. The van der Waals surface area contributed by atoms with E-state index >= 15 is 0 Å². The van der Waals surface area contributed by atoms with Crippen LogP contribution in [0.2, 0.25) is 0 Å². The minimum atomic E-state index is 0.171. The number of hydrogen-bond acceptors (Lipinski definition) is 5. The maximum Gasteiger partial charge on any atom is 0.231 e. The van der Waals surface area contributed by atoms with E-state index in [2.05, 4.69) is 22.0 Å². The van der Waals surface area contributed by atoms with Gasteiger partial charge in [-0.1, -0.05) is 12.1 Å². The lowest BCUT2D eigenvalue weighted by molar-refractivity contribution is -0.130. The predicted octanol–water partition coefficient (Wildman–Crippen LogP) is 1.54. The number of carbonyl (C=O) groups is 1. The molecule has 118 valence electrons. The summed E-state index contributed by atoms with van der Waals surface area (Å²) in [6.07, 6.45) is 5.98. The third-order valence-electron chi connectivity index (χ3n) is 4.12. The Morgan fingerprint density at radius 2 is 2.36 bits per heavy atom. The summed E-state index contributed by atoms with van der Waals surface area (Å²) in [4.78, 5) is 22.8. The summed E-state index contributed by atoms with van der Waals surface area (Å²) in [5, 5.41) is 3.82. The third kappa shape index (κ3) is 3.03. The van der Waals surface area contributed by atoms with E-state index < -0.39 is 0 Å². The zero-order chi connectivity index (χ0) is 15.5. The van der Waals surface area contributed by atoms with Crippen LogP contribution in [0.3, 0.4) is 0 Å². The van der Waals surface area contributed by atoms with E-state index in [1.807, 2.05) is 15.7 Å². The number of amides is 1. The van der Waals surface area contributed by atoms with Crippen molar-refractivity contribution in [3.8, 4) is 0 Å². The number of aromatic nitrogens is 4. The highest BCUT2D eigenvalue weighted by atomic mass is 16.5. The number of aryl methyl sites for hydroxylation is 3. The van der Waals surface area contributed by atoms with Gasteiger partial charge < -0.3 is 14.0 Å². The Morgan fingerprint density at radius 1 is 1.50 bits per heavy atom. The van der Waals surface area contributed by atoms with E-state index in [9.17, 15) is 4.79 Å². The van der Waals surface area contributed by atoms with Crippen LogP contribution in [0.5, 0.6) is 0 Å². The molecule has 2 aromatic heterocycles. The van der Waals surface area contributed by atoms with Crippen LogP contribution in [0.4, 0.5) is 0 Å². The second-order valence-corrected chi connectivity index (χ2v) is 5.65. The summed E-state index contributed by atoms with van der Waals surface area (Å²) in [6, 6.07) is 0. The molecule has 1 atom stereocenters. The fourth-order valence-electron chi connectivity index (χ4n) is 2.90. The molecule has 0 saturated carbocycles. The van der Waals surface area contributed by atoms with Gasteiger partial charge in [-0.2, -0.15) is 4.98 Å². The molecule has 1 aliphatic heterocycles. The van der Waals surface area contributed by atoms with Gasteiger partial charge in [-0.25, -0.2) is 4.98 Å². The third-order valence-corrected chi connectivity index (χ3v) is 4.12. The van der Waals surface area contributed by atoms with Crippen molar-refractivity contribution in [1.82, 2.24) is 24.6 Å². The average Bonchev–Trinajstić information content (AvgIpc) is 3.24. The van der Waals surface area contributed by atoms with Crippen molar-refractivity contribution < 1.29 is 9.32 Å². The normalized spacial score (nSPS) is 18.1. The quantitative estimate of drug-likeness (QED) is 0.837. The van der Waals surface area contributed by atoms with Crippen molar-refractivity contribution in [2.45, 2.75) is 45.6 Å². The standard InChI is InChI=1S/C15H21N5O2/c1-3-13-16-6-9-19(13)8-5-14(21)20-7-4-12(10-20)15-17-11(2)18-22-15/h6,9,12H,3-5,7-8,10H2,1-2H3/t12-/m1/s1. The molecule has 0 spiro atoms. The Bertz CT molecular complexity index is 648. The van der Waals surface area contributed by atoms with Crippen molar-refractivity contribution in [1.29, 1.82) is 0 Å². The number of nitrogens with zero attached hydrogens (tertiary/aromatic N) is 5. The van der Waals surface area contributed by atoms with Crippen LogP contribution in [0, 0.1) is 6.92 Å². The van der Waals surface area contributed by atoms with E-state index in [0.717, 1.165) is 25.2 Å². The lowest BCUT2D eigenvalue weighted by Crippen LogP contribution is -2.29. The molecule has 3 heterocycles. The van der Waals surface area contributed by atoms with E-state index in [1.54, 1.807) is 13.1 Å². The molecular formula is C15H21N5O2. The van der Waals surface area contributed by atoms with Gasteiger partial charge >= 0.3 is 0 Å². The summed E-state index contributed by atoms with van der Waals surface area (Å²) < 4.78 is 7.26. The minimum absolute atomic E-state index is 0.171. The van der Waals surface area contributed by atoms with Crippen LogP contribution < -0.4 is 0 Å². The SMILES string of the molecule is CCc1nccn1CCC(=O)N1CC[C@@H](c2nc(C)no2)C1. The van der Waals surface area contributed by atoms with Gasteiger partial charge in [-0.3, -0.25) is 4.79 Å². The van der Waals surface area contributed by atoms with Crippen LogP contribution in [0.25, 0.3) is 0 Å². The number of rotatable bonds is 5. The van der Waals surface area contributed by atoms with Crippen LogP contribution in [0.15, 0.2) is 16.9 Å². The van der Waals surface area contributed by atoms with Crippen molar-refractivity contribution in [2.75, 3.05) is 13.1 Å². The molecule has 1 aliphatic rings. The molecule has 1 fully saturated rings. The highest BCUT2D eigenvalue weighted by Crippen LogP contribution is 2.26. The monoisotopic (exact) mass is 303 g/mol. The fraction of sp³-hybridized carbons (Fsp3) is 0.600. The predicted molar refractivity (Wildman–Crippen MR) is 79.2 cm³/mol. The maximum absolute atomic E-state index is 12.3. The second kappa shape index (κ2) is 6.29. The molecule has 1 amide bonds. The maximum atomic E-state index is 12.3. The van der Waals surface area contributed by atoms with E-state index in [1.165, 1.54) is 0 Å². The Morgan fingerprint density at radius 3 is 3.09 bits per heavy atom. The number of hydrogen-bond donors (Lipinski definition) is 0. The average molecular weight is 303 g/mol. The van der Waals surface area contributed by atoms with Crippen LogP contribution in [-0.2, 0) is 17.8 Å². The second-order valence-electron chi connectivity index (χ2n) is 5.65. The lowest BCUT2D eigenvalue weighted by atomic mass is 10.1. The first-order valence-electron chi connectivity index (χ1n) is 7.75. The number of imidazole rings is 1. The van der Waals surface area contributed by atoms with Gasteiger partial charge in [-0.15, -0.1) is 0 Å². The summed E-state index contributed by atoms with van der Waals surface area (Å²) >= 11 is 0. The first-order chi connectivity index (χ1) is 10.7. The Hall–Kier alpha value is -2.18. The zero-order valence-corrected chi connectivity index (χ0v) is 13.0. The van der Waals surface area contributed by atoms with Gasteiger partial charge in [0.15, 0.2) is 5.82 Å². The molecule has 1 saturated heterocycles. The van der Waals surface area contributed by atoms with Crippen LogP contribution in [-0.4, -0.2) is 43.6 Å². The molecule has 0 radical (unpaired) electrons. The Labute approximate surface area is 129 Å². The molecule has 0 unspecified atom stereocenters. The molecule has 7 heteroatoms. The molecule has 0 bridgehead atoms. The molecule has 0 aromatic carbocycles. The van der Waals surface area contributed by atoms with Gasteiger partial charge in [0.25, 0.3) is 0 Å². The van der Waals surface area contributed by atoms with E-state index in [0.29, 0.717) is 31.2 Å². The molecular weight excluding hydrogens is 282 g/mol. The Kier molecular flexibility index (Phi) is 4.22. The summed E-state index contributed by atoms with van der Waals surface area (Å²) in [5.74, 6) is 2.66. The zero-order valence-electron chi connectivity index (χ0n) is 13.0. The molecule has 3 rings (SSSR count). The molecule has 22 heavy (non-hydrogen) atoms. The minimum Gasteiger partial charge on any atom is -0.342 e. The van der Waals surface area contributed by atoms with Gasteiger partial charge in [0.1, 0.15) is 5.82 Å². The first-order valence-corrected chi connectivity index (χ1v) is 7.75. The van der Waals surface area contributed by atoms with Crippen molar-refractivity contribution in [2.24, 2.45) is 0 Å². The summed E-state index contributed by atoms with van der Waals surface area (Å²) in [6.45, 7) is 5.99. The van der Waals surface area contributed by atoms with Gasteiger partial charge in [0.05, 0.1) is 5.92 Å². The van der Waals surface area contributed by atoms with Crippen LogP contribution >= 0.6 is 0 Å². The van der Waals surface area contributed by atoms with E-state index in [-0.39, 0.29) is 11.8 Å². The van der Waals surface area contributed by atoms with Crippen LogP contribution in [0.1, 0.15) is 43.2 Å². The summed E-state index contributed by atoms with van der Waals surface area (Å²) in [5.41, 5.74) is 0. The topological polar surface area (TPSA) is 77.1 Å². The highest BCUT2D eigenvalue weighted by molar-refractivity contribution is 5.76. The number of likely N-dealkylation sites (tertiary alicyclic amines) is 1. The molecule has 7 nitrogen and oxygen atoms in total. The lowest BCUT2D eigenvalue weighted by Gasteiger charge is -2.16.